The Morgan fingerprint density at radius 3 is 2.33 bits per heavy atom. The molecule has 2 heteroatoms. The predicted molar refractivity (Wildman–Crippen MR) is 59.7 cm³/mol. The molecule has 0 atom stereocenters. The quantitative estimate of drug-likeness (QED) is 0.716. The maximum absolute atomic E-state index is 11.2. The molecule has 0 amide bonds. The van der Waals surface area contributed by atoms with Gasteiger partial charge < -0.3 is 4.74 Å². The highest BCUT2D eigenvalue weighted by Crippen LogP contribution is 2.47. The Kier molecular flexibility index (Phi) is 3.15. The Morgan fingerprint density at radius 2 is 1.93 bits per heavy atom. The van der Waals surface area contributed by atoms with E-state index in [1.807, 2.05) is 0 Å². The highest BCUT2D eigenvalue weighted by atomic mass is 16.5. The molecule has 0 aromatic rings. The molecule has 1 heterocycles. The molecule has 2 aliphatic rings. The van der Waals surface area contributed by atoms with Gasteiger partial charge >= 0.3 is 0 Å². The van der Waals surface area contributed by atoms with Crippen LogP contribution in [-0.2, 0) is 9.53 Å². The molecule has 0 spiro atoms. The van der Waals surface area contributed by atoms with E-state index in [-0.39, 0.29) is 0 Å². The van der Waals surface area contributed by atoms with Gasteiger partial charge in [0.1, 0.15) is 5.78 Å². The fraction of sp³-hybridized carbons (Fsp3) is 0.923. The zero-order valence-corrected chi connectivity index (χ0v) is 9.92. The number of Topliss-reactive ketones (excluding diaryl/α,β-unsaturated/α-hetero) is 1. The summed E-state index contributed by atoms with van der Waals surface area (Å²) in [6.07, 6.45) is 5.10. The van der Waals surface area contributed by atoms with Crippen molar-refractivity contribution in [2.24, 2.45) is 17.3 Å². The van der Waals surface area contributed by atoms with Crippen molar-refractivity contribution >= 4 is 5.78 Å². The van der Waals surface area contributed by atoms with Crippen molar-refractivity contribution < 1.29 is 9.53 Å². The number of rotatable bonds is 3. The second-order valence-corrected chi connectivity index (χ2v) is 5.77. The van der Waals surface area contributed by atoms with Crippen molar-refractivity contribution in [1.29, 1.82) is 0 Å². The Labute approximate surface area is 92.4 Å². The third-order valence-electron chi connectivity index (χ3n) is 4.00. The third-order valence-corrected chi connectivity index (χ3v) is 4.00. The van der Waals surface area contributed by atoms with E-state index in [4.69, 9.17) is 4.74 Å². The Balaban J connectivity index is 1.97. The summed E-state index contributed by atoms with van der Waals surface area (Å²) >= 11 is 0. The van der Waals surface area contributed by atoms with Gasteiger partial charge in [0.2, 0.25) is 0 Å². The van der Waals surface area contributed by atoms with E-state index in [1.54, 1.807) is 0 Å². The lowest BCUT2D eigenvalue weighted by Gasteiger charge is -2.49. The lowest BCUT2D eigenvalue weighted by Crippen LogP contribution is -2.50. The van der Waals surface area contributed by atoms with Gasteiger partial charge in [-0.3, -0.25) is 4.79 Å². The second-order valence-electron chi connectivity index (χ2n) is 5.77. The van der Waals surface area contributed by atoms with Crippen LogP contribution in [0, 0.1) is 17.3 Å². The van der Waals surface area contributed by atoms with Crippen molar-refractivity contribution in [3.63, 3.8) is 0 Å². The maximum Gasteiger partial charge on any atom is 0.132 e. The van der Waals surface area contributed by atoms with Crippen LogP contribution >= 0.6 is 0 Å². The van der Waals surface area contributed by atoms with Crippen LogP contribution in [0.15, 0.2) is 0 Å². The molecule has 0 N–H and O–H groups in total. The largest absolute Gasteiger partial charge is 0.380 e. The molecule has 1 saturated carbocycles. The molecule has 2 fully saturated rings. The van der Waals surface area contributed by atoms with Gasteiger partial charge in [-0.05, 0) is 31.1 Å². The summed E-state index contributed by atoms with van der Waals surface area (Å²) in [6.45, 7) is 6.44. The van der Waals surface area contributed by atoms with Gasteiger partial charge in [0, 0.05) is 18.3 Å². The summed E-state index contributed by atoms with van der Waals surface area (Å²) in [7, 11) is 0. The minimum Gasteiger partial charge on any atom is -0.380 e. The summed E-state index contributed by atoms with van der Waals surface area (Å²) < 4.78 is 5.43. The molecule has 15 heavy (non-hydrogen) atoms. The lowest BCUT2D eigenvalue weighted by molar-refractivity contribution is -0.164. The Morgan fingerprint density at radius 1 is 1.33 bits per heavy atom. The number of ketones is 1. The first kappa shape index (κ1) is 11.1. The average molecular weight is 210 g/mol. The summed E-state index contributed by atoms with van der Waals surface area (Å²) in [5.41, 5.74) is 0.425. The van der Waals surface area contributed by atoms with Crippen LogP contribution in [0.3, 0.4) is 0 Å². The third kappa shape index (κ3) is 2.25. The summed E-state index contributed by atoms with van der Waals surface area (Å²) in [5.74, 6) is 1.95. The van der Waals surface area contributed by atoms with Crippen molar-refractivity contribution in [1.82, 2.24) is 0 Å². The summed E-state index contributed by atoms with van der Waals surface area (Å²) in [6, 6.07) is 0. The minimum atomic E-state index is 0.425. The maximum atomic E-state index is 11.2. The molecule has 2 rings (SSSR count). The first-order valence-electron chi connectivity index (χ1n) is 6.22. The fourth-order valence-corrected chi connectivity index (χ4v) is 3.25. The topological polar surface area (TPSA) is 26.3 Å². The number of hydrogen-bond donors (Lipinski definition) is 0. The minimum absolute atomic E-state index is 0.425. The second kappa shape index (κ2) is 4.25. The van der Waals surface area contributed by atoms with E-state index < -0.39 is 0 Å². The van der Waals surface area contributed by atoms with E-state index in [9.17, 15) is 4.79 Å². The number of hydrogen-bond acceptors (Lipinski definition) is 2. The molecular weight excluding hydrogens is 188 g/mol. The standard InChI is InChI=1S/C13H22O2/c1-10(2)7-13(8-15-9-13)11-3-5-12(14)6-4-11/h10-11H,3-9H2,1-2H3. The summed E-state index contributed by atoms with van der Waals surface area (Å²) in [4.78, 5) is 11.2. The molecule has 0 aromatic heterocycles. The summed E-state index contributed by atoms with van der Waals surface area (Å²) in [5, 5.41) is 0. The fourth-order valence-electron chi connectivity index (χ4n) is 3.25. The van der Waals surface area contributed by atoms with Crippen molar-refractivity contribution in [2.45, 2.75) is 46.0 Å². The van der Waals surface area contributed by atoms with Gasteiger partial charge in [0.15, 0.2) is 0 Å². The molecule has 0 aromatic carbocycles. The van der Waals surface area contributed by atoms with E-state index in [0.717, 1.165) is 50.7 Å². The SMILES string of the molecule is CC(C)CC1(C2CCC(=O)CC2)COC1. The molecular formula is C13H22O2. The van der Waals surface area contributed by atoms with Gasteiger partial charge in [-0.25, -0.2) is 0 Å². The number of carbonyl (C=O) groups is 1. The van der Waals surface area contributed by atoms with Gasteiger partial charge in [-0.15, -0.1) is 0 Å². The molecule has 1 aliphatic carbocycles. The van der Waals surface area contributed by atoms with E-state index in [0.29, 0.717) is 11.2 Å². The van der Waals surface area contributed by atoms with Crippen molar-refractivity contribution in [2.75, 3.05) is 13.2 Å². The Hall–Kier alpha value is -0.370. The smallest absolute Gasteiger partial charge is 0.132 e. The van der Waals surface area contributed by atoms with Crippen LogP contribution < -0.4 is 0 Å². The molecule has 0 bridgehead atoms. The first-order chi connectivity index (χ1) is 7.12. The van der Waals surface area contributed by atoms with Crippen LogP contribution in [0.5, 0.6) is 0 Å². The molecule has 86 valence electrons. The van der Waals surface area contributed by atoms with Crippen molar-refractivity contribution in [3.05, 3.63) is 0 Å². The van der Waals surface area contributed by atoms with Gasteiger partial charge in [-0.2, -0.15) is 0 Å². The van der Waals surface area contributed by atoms with Crippen LogP contribution in [0.4, 0.5) is 0 Å². The average Bonchev–Trinajstić information content (AvgIpc) is 2.13. The predicted octanol–water partition coefficient (Wildman–Crippen LogP) is 2.81. The molecule has 1 aliphatic heterocycles. The Bertz CT molecular complexity index is 231. The van der Waals surface area contributed by atoms with Gasteiger partial charge in [0.25, 0.3) is 0 Å². The highest BCUT2D eigenvalue weighted by molar-refractivity contribution is 5.79. The zero-order chi connectivity index (χ0) is 10.9. The van der Waals surface area contributed by atoms with Crippen LogP contribution in [0.25, 0.3) is 0 Å². The lowest BCUT2D eigenvalue weighted by atomic mass is 9.64. The molecule has 1 saturated heterocycles. The normalized spacial score (nSPS) is 26.7. The van der Waals surface area contributed by atoms with Gasteiger partial charge in [0.05, 0.1) is 13.2 Å². The van der Waals surface area contributed by atoms with Crippen LogP contribution in [0.2, 0.25) is 0 Å². The number of carbonyl (C=O) groups excluding carboxylic acids is 1. The zero-order valence-electron chi connectivity index (χ0n) is 9.92. The molecule has 0 radical (unpaired) electrons. The van der Waals surface area contributed by atoms with Crippen LogP contribution in [-0.4, -0.2) is 19.0 Å². The molecule has 2 nitrogen and oxygen atoms in total. The monoisotopic (exact) mass is 210 g/mol. The molecule has 0 unspecified atom stereocenters. The highest BCUT2D eigenvalue weighted by Gasteiger charge is 2.46. The van der Waals surface area contributed by atoms with E-state index in [1.165, 1.54) is 6.42 Å². The van der Waals surface area contributed by atoms with Crippen molar-refractivity contribution in [3.8, 4) is 0 Å². The van der Waals surface area contributed by atoms with Crippen LogP contribution in [0.1, 0.15) is 46.0 Å². The first-order valence-corrected chi connectivity index (χ1v) is 6.22. The van der Waals surface area contributed by atoms with E-state index in [2.05, 4.69) is 13.8 Å². The van der Waals surface area contributed by atoms with Gasteiger partial charge in [-0.1, -0.05) is 13.8 Å². The number of ether oxygens (including phenoxy) is 1. The van der Waals surface area contributed by atoms with E-state index >= 15 is 0 Å².